The van der Waals surface area contributed by atoms with E-state index in [0.717, 1.165) is 0 Å². The molecule has 92 valence electrons. The van der Waals surface area contributed by atoms with Gasteiger partial charge in [-0.25, -0.2) is 9.59 Å². The van der Waals surface area contributed by atoms with Gasteiger partial charge in [-0.1, -0.05) is 6.07 Å². The van der Waals surface area contributed by atoms with Gasteiger partial charge >= 0.3 is 11.9 Å². The molecule has 0 saturated carbocycles. The fraction of sp³-hybridized carbons (Fsp3) is 0.231. The lowest BCUT2D eigenvalue weighted by Crippen LogP contribution is -2.17. The minimum atomic E-state index is -0.904. The minimum Gasteiger partial charge on any atom is -0.386 e. The van der Waals surface area contributed by atoms with E-state index in [1.54, 1.807) is 0 Å². The fourth-order valence-electron chi connectivity index (χ4n) is 2.04. The van der Waals surface area contributed by atoms with Crippen molar-refractivity contribution in [3.05, 3.63) is 34.9 Å². The maximum absolute atomic E-state index is 11.4. The Morgan fingerprint density at radius 2 is 1.56 bits per heavy atom. The van der Waals surface area contributed by atoms with Gasteiger partial charge in [-0.15, -0.1) is 0 Å². The van der Waals surface area contributed by atoms with Gasteiger partial charge < -0.3 is 4.74 Å². The number of hydrogen-bond acceptors (Lipinski definition) is 5. The maximum Gasteiger partial charge on any atom is 0.346 e. The molecule has 0 bridgehead atoms. The summed E-state index contributed by atoms with van der Waals surface area (Å²) in [6.45, 7) is 2.62. The predicted octanol–water partition coefficient (Wildman–Crippen LogP) is 1.26. The molecule has 0 aliphatic carbocycles. The number of fused-ring (bicyclic) bond motifs is 1. The van der Waals surface area contributed by atoms with Gasteiger partial charge in [0.25, 0.3) is 0 Å². The van der Waals surface area contributed by atoms with Crippen molar-refractivity contribution in [2.75, 3.05) is 0 Å². The van der Waals surface area contributed by atoms with Crippen molar-refractivity contribution in [2.45, 2.75) is 19.8 Å². The molecule has 0 aromatic heterocycles. The van der Waals surface area contributed by atoms with Gasteiger partial charge in [0.1, 0.15) is 17.5 Å². The van der Waals surface area contributed by atoms with Gasteiger partial charge in [-0.05, 0) is 31.5 Å². The number of carbonyl (C=O) groups excluding carboxylic acids is 4. The zero-order valence-electron chi connectivity index (χ0n) is 9.85. The summed E-state index contributed by atoms with van der Waals surface area (Å²) >= 11 is 0. The molecular formula is C13H10O5. The second kappa shape index (κ2) is 4.18. The largest absolute Gasteiger partial charge is 0.386 e. The van der Waals surface area contributed by atoms with Crippen LogP contribution in [-0.4, -0.2) is 23.5 Å². The third-order valence-corrected chi connectivity index (χ3v) is 2.82. The maximum atomic E-state index is 11.4. The Hall–Kier alpha value is -2.30. The zero-order chi connectivity index (χ0) is 13.4. The lowest BCUT2D eigenvalue weighted by atomic mass is 9.90. The predicted molar refractivity (Wildman–Crippen MR) is 60.3 cm³/mol. The second-order valence-electron chi connectivity index (χ2n) is 4.14. The van der Waals surface area contributed by atoms with Gasteiger partial charge in [0.15, 0.2) is 0 Å². The summed E-state index contributed by atoms with van der Waals surface area (Å²) < 4.78 is 4.44. The third-order valence-electron chi connectivity index (χ3n) is 2.82. The topological polar surface area (TPSA) is 77.5 Å². The van der Waals surface area contributed by atoms with E-state index in [0.29, 0.717) is 5.56 Å². The van der Waals surface area contributed by atoms with Crippen molar-refractivity contribution in [1.82, 2.24) is 0 Å². The summed E-state index contributed by atoms with van der Waals surface area (Å²) in [5, 5.41) is 0. The molecule has 0 N–H and O–H groups in total. The van der Waals surface area contributed by atoms with Crippen LogP contribution in [0.5, 0.6) is 0 Å². The number of benzene rings is 1. The van der Waals surface area contributed by atoms with Crippen molar-refractivity contribution in [3.63, 3.8) is 0 Å². The Balaban J connectivity index is 2.52. The molecule has 5 nitrogen and oxygen atoms in total. The summed E-state index contributed by atoms with van der Waals surface area (Å²) in [5.74, 6) is -2.97. The second-order valence-corrected chi connectivity index (χ2v) is 4.14. The molecule has 18 heavy (non-hydrogen) atoms. The fourth-order valence-corrected chi connectivity index (χ4v) is 2.04. The van der Waals surface area contributed by atoms with Crippen molar-refractivity contribution in [1.29, 1.82) is 0 Å². The van der Waals surface area contributed by atoms with E-state index < -0.39 is 17.9 Å². The lowest BCUT2D eigenvalue weighted by Gasteiger charge is -2.10. The van der Waals surface area contributed by atoms with Crippen LogP contribution in [0.1, 0.15) is 46.0 Å². The number of rotatable bonds is 3. The van der Waals surface area contributed by atoms with E-state index in [4.69, 9.17) is 0 Å². The number of carbonyl (C=O) groups is 4. The molecule has 1 aromatic carbocycles. The number of Topliss-reactive ketones (excluding diaryl/α,β-unsaturated/α-hetero) is 2. The van der Waals surface area contributed by atoms with Crippen LogP contribution >= 0.6 is 0 Å². The molecule has 1 aromatic rings. The molecule has 0 atom stereocenters. The van der Waals surface area contributed by atoms with Crippen molar-refractivity contribution in [2.24, 2.45) is 0 Å². The molecule has 0 unspecified atom stereocenters. The molecule has 0 amide bonds. The highest BCUT2D eigenvalue weighted by molar-refractivity contribution is 6.15. The third kappa shape index (κ3) is 1.84. The molecule has 5 heteroatoms. The average molecular weight is 246 g/mol. The normalized spacial score (nSPS) is 13.5. The molecular weight excluding hydrogens is 236 g/mol. The Morgan fingerprint density at radius 3 is 2.11 bits per heavy atom. The number of ether oxygens (including phenoxy) is 1. The Kier molecular flexibility index (Phi) is 2.82. The summed E-state index contributed by atoms with van der Waals surface area (Å²) in [5.41, 5.74) is 0.667. The molecule has 0 spiro atoms. The van der Waals surface area contributed by atoms with E-state index in [1.807, 2.05) is 0 Å². The summed E-state index contributed by atoms with van der Waals surface area (Å²) in [6, 6.07) is 4.26. The van der Waals surface area contributed by atoms with E-state index in [9.17, 15) is 19.2 Å². The quantitative estimate of drug-likeness (QED) is 0.592. The van der Waals surface area contributed by atoms with Crippen LogP contribution in [0.15, 0.2) is 18.2 Å². The number of ketones is 2. The monoisotopic (exact) mass is 246 g/mol. The lowest BCUT2D eigenvalue weighted by molar-refractivity contribution is -0.126. The first-order valence-electron chi connectivity index (χ1n) is 5.33. The molecule has 1 aliphatic rings. The molecule has 2 rings (SSSR count). The van der Waals surface area contributed by atoms with Crippen LogP contribution in [0.25, 0.3) is 0 Å². The SMILES string of the molecule is CC(=O)C(C(C)=O)c1ccc2c(c1)C(=O)OC2=O. The first-order chi connectivity index (χ1) is 8.41. The zero-order valence-corrected chi connectivity index (χ0v) is 9.85. The van der Waals surface area contributed by atoms with Crippen LogP contribution < -0.4 is 0 Å². The van der Waals surface area contributed by atoms with E-state index in [2.05, 4.69) is 4.74 Å². The molecule has 1 aliphatic heterocycles. The summed E-state index contributed by atoms with van der Waals surface area (Å²) in [4.78, 5) is 45.5. The van der Waals surface area contributed by atoms with Crippen LogP contribution in [-0.2, 0) is 14.3 Å². The highest BCUT2D eigenvalue weighted by Crippen LogP contribution is 2.26. The number of hydrogen-bond donors (Lipinski definition) is 0. The Morgan fingerprint density at radius 1 is 1.00 bits per heavy atom. The van der Waals surface area contributed by atoms with Gasteiger partial charge in [-0.3, -0.25) is 9.59 Å². The molecule has 0 saturated heterocycles. The van der Waals surface area contributed by atoms with Crippen LogP contribution in [0.4, 0.5) is 0 Å². The molecule has 0 fully saturated rings. The first-order valence-corrected chi connectivity index (χ1v) is 5.33. The van der Waals surface area contributed by atoms with Crippen LogP contribution in [0.2, 0.25) is 0 Å². The number of esters is 2. The Labute approximate surface area is 103 Å². The highest BCUT2D eigenvalue weighted by atomic mass is 16.6. The van der Waals surface area contributed by atoms with E-state index in [1.165, 1.54) is 32.0 Å². The standard InChI is InChI=1S/C13H10O5/c1-6(14)11(7(2)15)8-3-4-9-10(5-8)13(17)18-12(9)16/h3-5,11H,1-2H3. The minimum absolute atomic E-state index is 0.102. The molecule has 0 radical (unpaired) electrons. The highest BCUT2D eigenvalue weighted by Gasteiger charge is 2.31. The first kappa shape index (κ1) is 12.2. The molecule has 1 heterocycles. The van der Waals surface area contributed by atoms with E-state index >= 15 is 0 Å². The van der Waals surface area contributed by atoms with Gasteiger partial charge in [0.2, 0.25) is 0 Å². The van der Waals surface area contributed by atoms with Gasteiger partial charge in [0, 0.05) is 0 Å². The van der Waals surface area contributed by atoms with Gasteiger partial charge in [0.05, 0.1) is 11.1 Å². The van der Waals surface area contributed by atoms with E-state index in [-0.39, 0.29) is 22.7 Å². The Bertz CT molecular complexity index is 571. The smallest absolute Gasteiger partial charge is 0.346 e. The van der Waals surface area contributed by atoms with Crippen LogP contribution in [0, 0.1) is 0 Å². The summed E-state index contributed by atoms with van der Waals surface area (Å²) in [7, 11) is 0. The van der Waals surface area contributed by atoms with Crippen molar-refractivity contribution in [3.8, 4) is 0 Å². The average Bonchev–Trinajstić information content (AvgIpc) is 2.53. The van der Waals surface area contributed by atoms with Crippen molar-refractivity contribution >= 4 is 23.5 Å². The van der Waals surface area contributed by atoms with Crippen molar-refractivity contribution < 1.29 is 23.9 Å². The summed E-state index contributed by atoms with van der Waals surface area (Å²) in [6.07, 6.45) is 0. The van der Waals surface area contributed by atoms with Gasteiger partial charge in [-0.2, -0.15) is 0 Å². The van der Waals surface area contributed by atoms with Crippen LogP contribution in [0.3, 0.4) is 0 Å². The number of cyclic esters (lactones) is 2.